The van der Waals surface area contributed by atoms with Gasteiger partial charge in [-0.15, -0.1) is 0 Å². The fourth-order valence-electron chi connectivity index (χ4n) is 2.24. The Morgan fingerprint density at radius 3 is 3.00 bits per heavy atom. The number of rotatable bonds is 6. The first kappa shape index (κ1) is 16.4. The molecule has 4 nitrogen and oxygen atoms in total. The van der Waals surface area contributed by atoms with Crippen LogP contribution in [0.4, 0.5) is 0 Å². The molecule has 0 aliphatic carbocycles. The first-order valence-corrected chi connectivity index (χ1v) is 8.55. The molecule has 2 N–H and O–H groups in total. The normalized spacial score (nSPS) is 18.1. The number of hydrogen-bond donors (Lipinski definition) is 2. The van der Waals surface area contributed by atoms with E-state index in [1.807, 2.05) is 11.1 Å². The van der Waals surface area contributed by atoms with Crippen LogP contribution in [0.1, 0.15) is 17.5 Å². The Bertz CT molecular complexity index is 527. The molecule has 0 aromatic heterocycles. The van der Waals surface area contributed by atoms with Crippen molar-refractivity contribution in [1.82, 2.24) is 15.0 Å². The van der Waals surface area contributed by atoms with Crippen molar-refractivity contribution in [2.24, 2.45) is 5.10 Å². The summed E-state index contributed by atoms with van der Waals surface area (Å²) in [5.74, 6) is 0. The minimum absolute atomic E-state index is 0.452. The lowest BCUT2D eigenvalue weighted by Crippen LogP contribution is -2.31. The van der Waals surface area contributed by atoms with Crippen LogP contribution in [-0.2, 0) is 0 Å². The van der Waals surface area contributed by atoms with Crippen molar-refractivity contribution in [1.29, 1.82) is 0 Å². The Morgan fingerprint density at radius 1 is 1.52 bits per heavy atom. The number of hydrazone groups is 1. The second kappa shape index (κ2) is 7.87. The number of aryl methyl sites for hydroxylation is 1. The maximum atomic E-state index is 4.28. The summed E-state index contributed by atoms with van der Waals surface area (Å²) in [5.41, 5.74) is 2.54. The van der Waals surface area contributed by atoms with E-state index in [1.165, 1.54) is 28.0 Å². The summed E-state index contributed by atoms with van der Waals surface area (Å²) in [6.07, 6.45) is 4.75. The fourth-order valence-corrected chi connectivity index (χ4v) is 3.66. The summed E-state index contributed by atoms with van der Waals surface area (Å²) < 4.78 is 1.09. The Balaban J connectivity index is 1.91. The van der Waals surface area contributed by atoms with Gasteiger partial charge in [-0.25, -0.2) is 4.83 Å². The van der Waals surface area contributed by atoms with Crippen molar-refractivity contribution >= 4 is 34.2 Å². The molecule has 1 saturated heterocycles. The van der Waals surface area contributed by atoms with E-state index in [9.17, 15) is 0 Å². The Hall–Kier alpha value is -0.980. The monoisotopic (exact) mass is 368 g/mol. The van der Waals surface area contributed by atoms with Gasteiger partial charge in [0, 0.05) is 33.9 Å². The van der Waals surface area contributed by atoms with Crippen LogP contribution in [0, 0.1) is 13.8 Å². The minimum atomic E-state index is 0.452. The summed E-state index contributed by atoms with van der Waals surface area (Å²) in [4.78, 5) is 6.26. The van der Waals surface area contributed by atoms with Crippen LogP contribution in [0.5, 0.6) is 0 Å². The third-order valence-corrected chi connectivity index (χ3v) is 4.95. The van der Waals surface area contributed by atoms with Crippen molar-refractivity contribution < 1.29 is 0 Å². The molecule has 1 fully saturated rings. The molecule has 114 valence electrons. The van der Waals surface area contributed by atoms with Crippen molar-refractivity contribution in [3.8, 4) is 0 Å². The van der Waals surface area contributed by atoms with Crippen LogP contribution < -0.4 is 10.1 Å². The van der Waals surface area contributed by atoms with E-state index < -0.39 is 0 Å². The number of nitrogens with one attached hydrogen (secondary N) is 2. The Kier molecular flexibility index (Phi) is 6.14. The summed E-state index contributed by atoms with van der Waals surface area (Å²) in [6, 6.07) is 4.67. The quantitative estimate of drug-likeness (QED) is 0.349. The molecule has 1 unspecified atom stereocenters. The fraction of sp³-hybridized carbons (Fsp3) is 0.400. The maximum Gasteiger partial charge on any atom is 0.116 e. The Morgan fingerprint density at radius 2 is 2.33 bits per heavy atom. The SMILES string of the molecule is C=CN(/C=N\NSc1cc(Br)cc(C)c1C)C1CCNC1. The third-order valence-electron chi connectivity index (χ3n) is 3.65. The molecule has 1 heterocycles. The van der Waals surface area contributed by atoms with Gasteiger partial charge in [0.25, 0.3) is 0 Å². The van der Waals surface area contributed by atoms with Crippen molar-refractivity contribution in [2.45, 2.75) is 31.2 Å². The van der Waals surface area contributed by atoms with Crippen LogP contribution in [0.15, 0.2) is 39.4 Å². The second-order valence-electron chi connectivity index (χ2n) is 5.06. The van der Waals surface area contributed by atoms with E-state index in [0.717, 1.165) is 24.0 Å². The maximum absolute atomic E-state index is 4.28. The molecule has 1 aromatic rings. The van der Waals surface area contributed by atoms with Gasteiger partial charge in [0.1, 0.15) is 6.34 Å². The van der Waals surface area contributed by atoms with Crippen LogP contribution in [0.25, 0.3) is 0 Å². The van der Waals surface area contributed by atoms with Crippen LogP contribution in [0.2, 0.25) is 0 Å². The molecule has 1 aliphatic rings. The van der Waals surface area contributed by atoms with Gasteiger partial charge in [0.2, 0.25) is 0 Å². The zero-order valence-electron chi connectivity index (χ0n) is 12.4. The van der Waals surface area contributed by atoms with E-state index in [1.54, 1.807) is 6.34 Å². The van der Waals surface area contributed by atoms with Gasteiger partial charge in [-0.2, -0.15) is 5.10 Å². The topological polar surface area (TPSA) is 39.7 Å². The van der Waals surface area contributed by atoms with Gasteiger partial charge in [-0.3, -0.25) is 0 Å². The number of nitrogens with zero attached hydrogens (tertiary/aromatic N) is 2. The van der Waals surface area contributed by atoms with E-state index in [4.69, 9.17) is 0 Å². The number of hydrogen-bond acceptors (Lipinski definition) is 4. The standard InChI is InChI=1S/C15H21BrN4S/c1-4-20(14-5-6-17-9-14)10-18-19-21-15-8-13(16)7-11(2)12(15)3/h4,7-8,10,14,17,19H,1,5-6,9H2,2-3H3/b18-10-. The highest BCUT2D eigenvalue weighted by atomic mass is 79.9. The molecule has 1 atom stereocenters. The van der Waals surface area contributed by atoms with Crippen LogP contribution in [-0.4, -0.2) is 30.4 Å². The molecule has 0 spiro atoms. The molecule has 0 radical (unpaired) electrons. The van der Waals surface area contributed by atoms with Gasteiger partial charge in [0.15, 0.2) is 0 Å². The lowest BCUT2D eigenvalue weighted by Gasteiger charge is -2.20. The van der Waals surface area contributed by atoms with E-state index in [0.29, 0.717) is 6.04 Å². The first-order valence-electron chi connectivity index (χ1n) is 6.94. The van der Waals surface area contributed by atoms with E-state index in [2.05, 4.69) is 63.7 Å². The molecular formula is C15H21BrN4S. The summed E-state index contributed by atoms with van der Waals surface area (Å²) >= 11 is 5.04. The molecule has 1 aliphatic heterocycles. The molecule has 0 bridgehead atoms. The largest absolute Gasteiger partial charge is 0.334 e. The summed E-state index contributed by atoms with van der Waals surface area (Å²) in [7, 11) is 0. The van der Waals surface area contributed by atoms with Crippen molar-refractivity contribution in [3.05, 3.63) is 40.5 Å². The molecule has 0 saturated carbocycles. The zero-order chi connectivity index (χ0) is 15.2. The van der Waals surface area contributed by atoms with Crippen LogP contribution >= 0.6 is 27.9 Å². The summed E-state index contributed by atoms with van der Waals surface area (Å²) in [6.45, 7) is 10.1. The number of halogens is 1. The highest BCUT2D eigenvalue weighted by molar-refractivity contribution is 9.10. The highest BCUT2D eigenvalue weighted by Crippen LogP contribution is 2.27. The lowest BCUT2D eigenvalue weighted by molar-refractivity contribution is 0.437. The van der Waals surface area contributed by atoms with E-state index >= 15 is 0 Å². The van der Waals surface area contributed by atoms with Gasteiger partial charge in [0.05, 0.1) is 0 Å². The van der Waals surface area contributed by atoms with Crippen molar-refractivity contribution in [2.75, 3.05) is 13.1 Å². The first-order chi connectivity index (χ1) is 10.1. The zero-order valence-corrected chi connectivity index (χ0v) is 14.8. The van der Waals surface area contributed by atoms with Gasteiger partial charge >= 0.3 is 0 Å². The average Bonchev–Trinajstić information content (AvgIpc) is 2.98. The Labute approximate surface area is 139 Å². The molecule has 1 aromatic carbocycles. The predicted octanol–water partition coefficient (Wildman–Crippen LogP) is 3.41. The minimum Gasteiger partial charge on any atom is -0.334 e. The predicted molar refractivity (Wildman–Crippen MR) is 94.4 cm³/mol. The molecular weight excluding hydrogens is 348 g/mol. The summed E-state index contributed by atoms with van der Waals surface area (Å²) in [5, 5.41) is 7.62. The molecule has 2 rings (SSSR count). The molecule has 21 heavy (non-hydrogen) atoms. The van der Waals surface area contributed by atoms with Gasteiger partial charge < -0.3 is 10.2 Å². The van der Waals surface area contributed by atoms with Crippen molar-refractivity contribution in [3.63, 3.8) is 0 Å². The average molecular weight is 369 g/mol. The smallest absolute Gasteiger partial charge is 0.116 e. The number of benzene rings is 1. The third kappa shape index (κ3) is 4.49. The van der Waals surface area contributed by atoms with Crippen LogP contribution in [0.3, 0.4) is 0 Å². The molecule has 0 amide bonds. The van der Waals surface area contributed by atoms with Gasteiger partial charge in [-0.05, 0) is 56.3 Å². The lowest BCUT2D eigenvalue weighted by atomic mass is 10.1. The van der Waals surface area contributed by atoms with E-state index in [-0.39, 0.29) is 0 Å². The van der Waals surface area contributed by atoms with Gasteiger partial charge in [-0.1, -0.05) is 22.5 Å². The highest BCUT2D eigenvalue weighted by Gasteiger charge is 2.18. The molecule has 6 heteroatoms. The second-order valence-corrected chi connectivity index (χ2v) is 6.80.